The lowest BCUT2D eigenvalue weighted by molar-refractivity contribution is 0.397. The van der Waals surface area contributed by atoms with Crippen molar-refractivity contribution in [3.8, 4) is 0 Å². The first-order valence-corrected chi connectivity index (χ1v) is 5.35. The summed E-state index contributed by atoms with van der Waals surface area (Å²) in [5, 5.41) is 7.18. The van der Waals surface area contributed by atoms with Gasteiger partial charge in [0.25, 0.3) is 0 Å². The van der Waals surface area contributed by atoms with Crippen molar-refractivity contribution in [3.63, 3.8) is 0 Å². The Bertz CT molecular complexity index is 223. The Kier molecular flexibility index (Phi) is 5.22. The Morgan fingerprint density at radius 3 is 2.93 bits per heavy atom. The summed E-state index contributed by atoms with van der Waals surface area (Å²) in [7, 11) is 0. The lowest BCUT2D eigenvalue weighted by atomic mass is 10.1. The van der Waals surface area contributed by atoms with Gasteiger partial charge in [0.05, 0.1) is 6.54 Å². The molecule has 1 N–H and O–H groups in total. The zero-order chi connectivity index (χ0) is 10.2. The Morgan fingerprint density at radius 2 is 2.36 bits per heavy atom. The van der Waals surface area contributed by atoms with Gasteiger partial charge in [-0.15, -0.1) is 0 Å². The van der Waals surface area contributed by atoms with Gasteiger partial charge in [0.1, 0.15) is 0 Å². The number of unbranched alkanes of at least 4 members (excludes halogenated alkanes) is 1. The van der Waals surface area contributed by atoms with Crippen LogP contribution in [0.15, 0.2) is 10.9 Å². The smallest absolute Gasteiger partial charge is 0.213 e. The molecule has 0 radical (unpaired) electrons. The number of rotatable bonds is 7. The molecule has 0 bridgehead atoms. The first-order valence-electron chi connectivity index (χ1n) is 5.35. The van der Waals surface area contributed by atoms with E-state index in [9.17, 15) is 0 Å². The van der Waals surface area contributed by atoms with Gasteiger partial charge in [-0.05, 0) is 12.8 Å². The number of nitrogens with one attached hydrogen (secondary N) is 1. The van der Waals surface area contributed by atoms with Crippen LogP contribution in [0.25, 0.3) is 0 Å². The molecular weight excluding hydrogens is 178 g/mol. The van der Waals surface area contributed by atoms with Gasteiger partial charge in [0.15, 0.2) is 5.82 Å². The molecule has 0 amide bonds. The van der Waals surface area contributed by atoms with Crippen LogP contribution in [0.4, 0.5) is 0 Å². The van der Waals surface area contributed by atoms with Crippen LogP contribution in [0.2, 0.25) is 0 Å². The largest absolute Gasteiger partial charge is 0.343 e. The molecule has 0 saturated carbocycles. The quantitative estimate of drug-likeness (QED) is 0.727. The lowest BCUT2D eigenvalue weighted by Crippen LogP contribution is -2.28. The van der Waals surface area contributed by atoms with Gasteiger partial charge in [0.2, 0.25) is 6.39 Å². The van der Waals surface area contributed by atoms with Crippen molar-refractivity contribution in [2.75, 3.05) is 0 Å². The van der Waals surface area contributed by atoms with E-state index >= 15 is 0 Å². The second-order valence-electron chi connectivity index (χ2n) is 3.48. The van der Waals surface area contributed by atoms with Crippen molar-refractivity contribution in [2.24, 2.45) is 0 Å². The summed E-state index contributed by atoms with van der Waals surface area (Å²) in [5.74, 6) is 0.736. The van der Waals surface area contributed by atoms with Crippen LogP contribution in [-0.4, -0.2) is 16.2 Å². The fourth-order valence-electron chi connectivity index (χ4n) is 1.41. The van der Waals surface area contributed by atoms with E-state index in [1.54, 1.807) is 0 Å². The van der Waals surface area contributed by atoms with Crippen molar-refractivity contribution >= 4 is 0 Å². The zero-order valence-electron chi connectivity index (χ0n) is 8.99. The normalized spacial score (nSPS) is 13.0. The summed E-state index contributed by atoms with van der Waals surface area (Å²) in [6.07, 6.45) is 6.27. The van der Waals surface area contributed by atoms with Gasteiger partial charge in [-0.3, -0.25) is 0 Å². The highest BCUT2D eigenvalue weighted by Crippen LogP contribution is 2.04. The molecule has 4 nitrogen and oxygen atoms in total. The maximum Gasteiger partial charge on any atom is 0.213 e. The molecule has 0 aromatic carbocycles. The predicted octanol–water partition coefficient (Wildman–Crippen LogP) is 2.13. The minimum Gasteiger partial charge on any atom is -0.343 e. The van der Waals surface area contributed by atoms with Gasteiger partial charge < -0.3 is 9.84 Å². The third-order valence-corrected chi connectivity index (χ3v) is 2.35. The first kappa shape index (κ1) is 11.2. The van der Waals surface area contributed by atoms with Gasteiger partial charge in [-0.25, -0.2) is 0 Å². The molecule has 0 fully saturated rings. The second kappa shape index (κ2) is 6.54. The molecule has 80 valence electrons. The molecule has 14 heavy (non-hydrogen) atoms. The summed E-state index contributed by atoms with van der Waals surface area (Å²) in [6, 6.07) is 0.577. The highest BCUT2D eigenvalue weighted by atomic mass is 16.5. The molecule has 1 atom stereocenters. The zero-order valence-corrected chi connectivity index (χ0v) is 8.99. The van der Waals surface area contributed by atoms with E-state index in [0.717, 1.165) is 12.2 Å². The van der Waals surface area contributed by atoms with Crippen LogP contribution in [-0.2, 0) is 6.54 Å². The van der Waals surface area contributed by atoms with Crippen molar-refractivity contribution in [1.82, 2.24) is 15.5 Å². The van der Waals surface area contributed by atoms with Crippen molar-refractivity contribution in [2.45, 2.75) is 52.1 Å². The molecule has 1 rings (SSSR count). The number of hydrogen-bond donors (Lipinski definition) is 1. The van der Waals surface area contributed by atoms with E-state index in [0.29, 0.717) is 12.6 Å². The second-order valence-corrected chi connectivity index (χ2v) is 3.48. The average Bonchev–Trinajstić information content (AvgIpc) is 2.71. The summed E-state index contributed by atoms with van der Waals surface area (Å²) >= 11 is 0. The molecule has 0 aliphatic heterocycles. The molecule has 1 unspecified atom stereocenters. The third kappa shape index (κ3) is 3.87. The van der Waals surface area contributed by atoms with E-state index in [1.807, 2.05) is 0 Å². The van der Waals surface area contributed by atoms with Crippen molar-refractivity contribution in [1.29, 1.82) is 0 Å². The first-order chi connectivity index (χ1) is 6.86. The van der Waals surface area contributed by atoms with E-state index in [2.05, 4.69) is 33.8 Å². The highest BCUT2D eigenvalue weighted by Gasteiger charge is 2.06. The van der Waals surface area contributed by atoms with Crippen molar-refractivity contribution < 1.29 is 4.52 Å². The summed E-state index contributed by atoms with van der Waals surface area (Å²) in [6.45, 7) is 5.12. The Hall–Kier alpha value is -0.900. The van der Waals surface area contributed by atoms with Crippen LogP contribution < -0.4 is 5.32 Å². The summed E-state index contributed by atoms with van der Waals surface area (Å²) in [4.78, 5) is 3.96. The van der Waals surface area contributed by atoms with Gasteiger partial charge >= 0.3 is 0 Å². The molecule has 0 saturated heterocycles. The number of hydrogen-bond acceptors (Lipinski definition) is 4. The van der Waals surface area contributed by atoms with Gasteiger partial charge in [-0.1, -0.05) is 31.8 Å². The molecule has 0 aliphatic carbocycles. The Balaban J connectivity index is 2.20. The third-order valence-electron chi connectivity index (χ3n) is 2.35. The Morgan fingerprint density at radius 1 is 1.50 bits per heavy atom. The fraction of sp³-hybridized carbons (Fsp3) is 0.800. The fourth-order valence-corrected chi connectivity index (χ4v) is 1.41. The predicted molar refractivity (Wildman–Crippen MR) is 54.7 cm³/mol. The van der Waals surface area contributed by atoms with E-state index in [4.69, 9.17) is 0 Å². The highest BCUT2D eigenvalue weighted by molar-refractivity contribution is 4.78. The van der Waals surface area contributed by atoms with E-state index in [-0.39, 0.29) is 0 Å². The summed E-state index contributed by atoms with van der Waals surface area (Å²) in [5.41, 5.74) is 0. The maximum atomic E-state index is 4.66. The summed E-state index contributed by atoms with van der Waals surface area (Å²) < 4.78 is 4.66. The van der Waals surface area contributed by atoms with Crippen LogP contribution in [0.5, 0.6) is 0 Å². The topological polar surface area (TPSA) is 51.0 Å². The van der Waals surface area contributed by atoms with Crippen LogP contribution in [0.1, 0.15) is 45.4 Å². The van der Waals surface area contributed by atoms with Gasteiger partial charge in [0, 0.05) is 6.04 Å². The molecule has 1 heterocycles. The van der Waals surface area contributed by atoms with Crippen LogP contribution >= 0.6 is 0 Å². The molecule has 0 aliphatic rings. The molecule has 1 aromatic rings. The molecule has 4 heteroatoms. The standard InChI is InChI=1S/C10H19N3O/c1-3-5-6-9(4-2)11-7-10-12-8-14-13-10/h8-9,11H,3-7H2,1-2H3. The minimum absolute atomic E-state index is 0.577. The van der Waals surface area contributed by atoms with E-state index in [1.165, 1.54) is 25.7 Å². The monoisotopic (exact) mass is 197 g/mol. The molecule has 0 spiro atoms. The average molecular weight is 197 g/mol. The number of nitrogens with zero attached hydrogens (tertiary/aromatic N) is 2. The van der Waals surface area contributed by atoms with Gasteiger partial charge in [-0.2, -0.15) is 4.98 Å². The van der Waals surface area contributed by atoms with E-state index < -0.39 is 0 Å². The van der Waals surface area contributed by atoms with Crippen LogP contribution in [0.3, 0.4) is 0 Å². The van der Waals surface area contributed by atoms with Crippen molar-refractivity contribution in [3.05, 3.63) is 12.2 Å². The number of aromatic nitrogens is 2. The lowest BCUT2D eigenvalue weighted by Gasteiger charge is -2.14. The minimum atomic E-state index is 0.577. The SMILES string of the molecule is CCCCC(CC)NCc1ncon1. The Labute approximate surface area is 85.1 Å². The maximum absolute atomic E-state index is 4.66. The van der Waals surface area contributed by atoms with Crippen LogP contribution in [0, 0.1) is 0 Å². The molecular formula is C10H19N3O. The molecule has 1 aromatic heterocycles.